The van der Waals surface area contributed by atoms with E-state index in [4.69, 9.17) is 18.9 Å². The highest BCUT2D eigenvalue weighted by Crippen LogP contribution is 2.60. The van der Waals surface area contributed by atoms with Crippen molar-refractivity contribution in [1.29, 1.82) is 0 Å². The molecule has 0 fully saturated rings. The minimum Gasteiger partial charge on any atom is -0.423 e. The third-order valence-corrected chi connectivity index (χ3v) is 7.96. The van der Waals surface area contributed by atoms with Crippen LogP contribution in [0.5, 0.6) is 0 Å². The molecule has 1 aromatic heterocycles. The summed E-state index contributed by atoms with van der Waals surface area (Å²) < 4.78 is 73.8. The highest BCUT2D eigenvalue weighted by atomic mass is 79.9. The largest absolute Gasteiger partial charge is 0.423 e. The van der Waals surface area contributed by atoms with Crippen LogP contribution in [-0.4, -0.2) is 49.7 Å². The number of anilines is 1. The van der Waals surface area contributed by atoms with E-state index in [1.54, 1.807) is 24.1 Å². The van der Waals surface area contributed by atoms with E-state index in [1.165, 1.54) is 30.5 Å². The molecule has 0 unspecified atom stereocenters. The molecule has 0 spiro atoms. The van der Waals surface area contributed by atoms with Crippen molar-refractivity contribution in [3.8, 4) is 11.3 Å². The summed E-state index contributed by atoms with van der Waals surface area (Å²) in [5, 5.41) is 0. The predicted octanol–water partition coefficient (Wildman–Crippen LogP) is 4.78. The number of hydrogen-bond donors (Lipinski definition) is 2. The van der Waals surface area contributed by atoms with Gasteiger partial charge in [0.2, 0.25) is 0 Å². The Morgan fingerprint density at radius 3 is 2.42 bits per heavy atom. The normalized spacial score (nSPS) is 12.6. The van der Waals surface area contributed by atoms with Crippen LogP contribution >= 0.6 is 23.5 Å². The molecule has 0 saturated carbocycles. The van der Waals surface area contributed by atoms with Crippen molar-refractivity contribution in [3.63, 3.8) is 0 Å². The van der Waals surface area contributed by atoms with Crippen LogP contribution in [0.2, 0.25) is 0 Å². The van der Waals surface area contributed by atoms with Gasteiger partial charge in [0.15, 0.2) is 15.6 Å². The number of hydrogen-bond acceptors (Lipinski definition) is 7. The molecule has 2 aromatic carbocycles. The first-order valence-electron chi connectivity index (χ1n) is 10.5. The van der Waals surface area contributed by atoms with Crippen LogP contribution in [0.25, 0.3) is 11.3 Å². The number of halogens is 3. The van der Waals surface area contributed by atoms with Gasteiger partial charge < -0.3 is 23.8 Å². The van der Waals surface area contributed by atoms with E-state index in [1.807, 2.05) is 0 Å². The van der Waals surface area contributed by atoms with Crippen LogP contribution in [0.1, 0.15) is 17.5 Å². The lowest BCUT2D eigenvalue weighted by atomic mass is 10.1. The van der Waals surface area contributed by atoms with E-state index in [0.717, 1.165) is 12.3 Å². The molecule has 0 aliphatic rings. The number of rotatable bonds is 11. The Morgan fingerprint density at radius 2 is 1.86 bits per heavy atom. The second kappa shape index (κ2) is 11.1. The van der Waals surface area contributed by atoms with Crippen molar-refractivity contribution in [2.75, 3.05) is 31.4 Å². The van der Waals surface area contributed by atoms with Crippen molar-refractivity contribution in [1.82, 2.24) is 4.98 Å². The van der Waals surface area contributed by atoms with Gasteiger partial charge in [0.1, 0.15) is 0 Å². The lowest BCUT2D eigenvalue weighted by molar-refractivity contribution is 0.0557. The summed E-state index contributed by atoms with van der Waals surface area (Å²) in [5.74, 6) is 0.402. The molecule has 0 bridgehead atoms. The molecule has 2 N–H and O–H groups in total. The summed E-state index contributed by atoms with van der Waals surface area (Å²) >= 11 is 3.00. The summed E-state index contributed by atoms with van der Waals surface area (Å²) in [5.41, 5.74) is -3.99. The van der Waals surface area contributed by atoms with Gasteiger partial charge in [0.25, 0.3) is 6.01 Å². The predicted molar refractivity (Wildman–Crippen MR) is 133 cm³/mol. The highest BCUT2D eigenvalue weighted by molar-refractivity contribution is 9.10. The number of aromatic nitrogens is 1. The average Bonchev–Trinajstić information content (AvgIpc) is 3.27. The van der Waals surface area contributed by atoms with Gasteiger partial charge in [-0.05, 0) is 42.3 Å². The zero-order valence-electron chi connectivity index (χ0n) is 19.3. The Bertz CT molecular complexity index is 1360. The Kier molecular flexibility index (Phi) is 8.74. The van der Waals surface area contributed by atoms with Crippen molar-refractivity contribution >= 4 is 39.4 Å². The molecule has 14 heteroatoms. The lowest BCUT2D eigenvalue weighted by Gasteiger charge is -2.22. The van der Waals surface area contributed by atoms with Crippen LogP contribution < -0.4 is 4.90 Å². The minimum atomic E-state index is -5.71. The Hall–Kier alpha value is -2.15. The van der Waals surface area contributed by atoms with Crippen LogP contribution in [0.15, 0.2) is 62.4 Å². The zero-order valence-corrected chi connectivity index (χ0v) is 22.6. The van der Waals surface area contributed by atoms with Gasteiger partial charge in [-0.3, -0.25) is 4.57 Å². The SMILES string of the molecule is COCCCN(Cc1ccc(C(F)(F)P(=O)(O)O)c(Br)c1)c1ncc(-c2ccc(S(C)(=O)=O)cc2)o1. The van der Waals surface area contributed by atoms with Crippen molar-refractivity contribution < 1.29 is 40.7 Å². The molecular weight excluding hydrogens is 585 g/mol. The van der Waals surface area contributed by atoms with Gasteiger partial charge in [-0.1, -0.05) is 28.1 Å². The first-order chi connectivity index (χ1) is 16.7. The van der Waals surface area contributed by atoms with Gasteiger partial charge in [0, 0.05) is 48.7 Å². The highest BCUT2D eigenvalue weighted by Gasteiger charge is 2.51. The van der Waals surface area contributed by atoms with Gasteiger partial charge in [-0.25, -0.2) is 13.4 Å². The van der Waals surface area contributed by atoms with Crippen LogP contribution in [0.3, 0.4) is 0 Å². The molecule has 36 heavy (non-hydrogen) atoms. The Balaban J connectivity index is 1.87. The van der Waals surface area contributed by atoms with E-state index in [9.17, 15) is 21.8 Å². The minimum absolute atomic E-state index is 0.149. The maximum absolute atomic E-state index is 14.2. The van der Waals surface area contributed by atoms with Gasteiger partial charge >= 0.3 is 13.3 Å². The third kappa shape index (κ3) is 6.58. The van der Waals surface area contributed by atoms with Crippen molar-refractivity contribution in [2.45, 2.75) is 23.5 Å². The molecule has 1 heterocycles. The maximum atomic E-state index is 14.2. The summed E-state index contributed by atoms with van der Waals surface area (Å²) in [7, 11) is -7.49. The van der Waals surface area contributed by atoms with Crippen LogP contribution in [0, 0.1) is 0 Å². The molecular formula is C22H24BrF2N2O7PS. The van der Waals surface area contributed by atoms with Crippen LogP contribution in [0.4, 0.5) is 14.8 Å². The molecule has 0 saturated heterocycles. The second-order valence-electron chi connectivity index (χ2n) is 7.97. The van der Waals surface area contributed by atoms with E-state index in [0.29, 0.717) is 36.5 Å². The standard InChI is InChI=1S/C22H24BrF2N2O7PS/c1-33-11-3-10-27(14-15-4-9-18(19(23)12-15)22(24,25)35(28,29)30)21-26-13-20(34-21)16-5-7-17(8-6-16)36(2,31)32/h4-9,12-13H,3,10-11,14H2,1-2H3,(H2,28,29,30). The quantitative estimate of drug-likeness (QED) is 0.233. The fourth-order valence-corrected chi connectivity index (χ4v) is 5.30. The molecule has 0 aliphatic heterocycles. The summed E-state index contributed by atoms with van der Waals surface area (Å²) in [6.07, 6.45) is 3.21. The number of nitrogens with zero attached hydrogens (tertiary/aromatic N) is 2. The third-order valence-electron chi connectivity index (χ3n) is 5.20. The maximum Gasteiger partial charge on any atom is 0.399 e. The molecule has 9 nitrogen and oxygen atoms in total. The van der Waals surface area contributed by atoms with Crippen molar-refractivity contribution in [3.05, 3.63) is 64.3 Å². The number of benzene rings is 2. The van der Waals surface area contributed by atoms with E-state index in [2.05, 4.69) is 20.9 Å². The van der Waals surface area contributed by atoms with Gasteiger partial charge in [-0.2, -0.15) is 8.78 Å². The fraction of sp³-hybridized carbons (Fsp3) is 0.318. The molecule has 3 aromatic rings. The lowest BCUT2D eigenvalue weighted by Crippen LogP contribution is -2.25. The monoisotopic (exact) mass is 608 g/mol. The van der Waals surface area contributed by atoms with Crippen molar-refractivity contribution in [2.24, 2.45) is 0 Å². The smallest absolute Gasteiger partial charge is 0.399 e. The Labute approximate surface area is 215 Å². The summed E-state index contributed by atoms with van der Waals surface area (Å²) in [6.45, 7) is 1.09. The average molecular weight is 609 g/mol. The molecule has 0 aliphatic carbocycles. The molecule has 196 valence electrons. The first-order valence-corrected chi connectivity index (χ1v) is 14.8. The molecule has 0 amide bonds. The fourth-order valence-electron chi connectivity index (χ4n) is 3.33. The van der Waals surface area contributed by atoms with Gasteiger partial charge in [0.05, 0.1) is 11.1 Å². The topological polar surface area (TPSA) is 130 Å². The first kappa shape index (κ1) is 28.4. The number of sulfone groups is 1. The van der Waals surface area contributed by atoms with Crippen LogP contribution in [-0.2, 0) is 31.3 Å². The summed E-state index contributed by atoms with van der Waals surface area (Å²) in [6, 6.07) is 10.1. The number of ether oxygens (including phenoxy) is 1. The molecule has 3 rings (SSSR count). The van der Waals surface area contributed by atoms with Gasteiger partial charge in [-0.15, -0.1) is 0 Å². The zero-order chi connectivity index (χ0) is 26.7. The number of alkyl halides is 2. The second-order valence-corrected chi connectivity index (χ2v) is 12.5. The summed E-state index contributed by atoms with van der Waals surface area (Å²) in [4.78, 5) is 24.3. The van der Waals surface area contributed by atoms with E-state index in [-0.39, 0.29) is 21.9 Å². The molecule has 0 atom stereocenters. The van der Waals surface area contributed by atoms with E-state index < -0.39 is 28.7 Å². The van der Waals surface area contributed by atoms with E-state index >= 15 is 0 Å². The molecule has 0 radical (unpaired) electrons. The number of methoxy groups -OCH3 is 1. The Morgan fingerprint density at radius 1 is 1.19 bits per heavy atom. The number of oxazole rings is 1.